The van der Waals surface area contributed by atoms with Crippen molar-refractivity contribution in [1.82, 2.24) is 5.32 Å². The van der Waals surface area contributed by atoms with Crippen LogP contribution in [0.1, 0.15) is 32.6 Å². The van der Waals surface area contributed by atoms with Crippen molar-refractivity contribution in [1.29, 1.82) is 0 Å². The summed E-state index contributed by atoms with van der Waals surface area (Å²) in [4.78, 5) is 10.9. The van der Waals surface area contributed by atoms with Crippen LogP contribution >= 0.6 is 0 Å². The summed E-state index contributed by atoms with van der Waals surface area (Å²) >= 11 is 0. The lowest BCUT2D eigenvalue weighted by Gasteiger charge is -2.13. The number of rotatable bonds is 2. The highest BCUT2D eigenvalue weighted by Crippen LogP contribution is 2.14. The van der Waals surface area contributed by atoms with Gasteiger partial charge in [-0.25, -0.2) is 4.79 Å². The molecule has 0 spiro atoms. The van der Waals surface area contributed by atoms with Crippen LogP contribution in [0.2, 0.25) is 0 Å². The Morgan fingerprint density at radius 1 is 1.67 bits per heavy atom. The quantitative estimate of drug-likeness (QED) is 0.688. The van der Waals surface area contributed by atoms with Gasteiger partial charge in [0.15, 0.2) is 0 Å². The molecular weight excluding hydrogens is 154 g/mol. The smallest absolute Gasteiger partial charge is 0.411 e. The van der Waals surface area contributed by atoms with Crippen LogP contribution in [0.25, 0.3) is 0 Å². The third kappa shape index (κ3) is 2.95. The fourth-order valence-corrected chi connectivity index (χ4v) is 1.25. The van der Waals surface area contributed by atoms with Crippen LogP contribution in [0.5, 0.6) is 0 Å². The molecule has 0 aromatic heterocycles. The summed E-state index contributed by atoms with van der Waals surface area (Å²) in [6.45, 7) is 2.23. The lowest BCUT2D eigenvalue weighted by molar-refractivity contribution is 0.154. The molecule has 68 valence electrons. The first-order valence-electron chi connectivity index (χ1n) is 4.45. The summed E-state index contributed by atoms with van der Waals surface area (Å²) in [7, 11) is 0. The highest BCUT2D eigenvalue weighted by atomic mass is 16.5. The maximum Gasteiger partial charge on any atom is 0.411 e. The molecule has 0 radical (unpaired) electrons. The predicted molar refractivity (Wildman–Crippen MR) is 46.7 cm³/mol. The molecule has 0 saturated heterocycles. The van der Waals surface area contributed by atoms with E-state index in [9.17, 15) is 4.79 Å². The summed E-state index contributed by atoms with van der Waals surface area (Å²) in [5, 5.41) is 2.72. The van der Waals surface area contributed by atoms with Gasteiger partial charge in [0.1, 0.15) is 0 Å². The third-order valence-electron chi connectivity index (χ3n) is 1.83. The Hall–Kier alpha value is -0.990. The predicted octanol–water partition coefficient (Wildman–Crippen LogP) is 2.19. The van der Waals surface area contributed by atoms with Gasteiger partial charge in [0, 0.05) is 5.70 Å². The van der Waals surface area contributed by atoms with Gasteiger partial charge in [-0.15, -0.1) is 0 Å². The molecule has 12 heavy (non-hydrogen) atoms. The Kier molecular flexibility index (Phi) is 3.64. The van der Waals surface area contributed by atoms with Crippen molar-refractivity contribution < 1.29 is 9.53 Å². The van der Waals surface area contributed by atoms with Crippen molar-refractivity contribution in [3.63, 3.8) is 0 Å². The first-order valence-corrected chi connectivity index (χ1v) is 4.45. The Morgan fingerprint density at radius 2 is 2.50 bits per heavy atom. The number of nitrogens with one attached hydrogen (secondary N) is 1. The molecule has 3 nitrogen and oxygen atoms in total. The molecule has 1 amide bonds. The van der Waals surface area contributed by atoms with Gasteiger partial charge >= 0.3 is 6.09 Å². The number of alkyl carbamates (subject to hydrolysis) is 1. The average molecular weight is 169 g/mol. The van der Waals surface area contributed by atoms with Crippen LogP contribution in [0.4, 0.5) is 4.79 Å². The molecular formula is C9H15NO2. The van der Waals surface area contributed by atoms with Crippen molar-refractivity contribution >= 4 is 6.09 Å². The van der Waals surface area contributed by atoms with Gasteiger partial charge in [0.25, 0.3) is 0 Å². The molecule has 0 aliphatic heterocycles. The highest BCUT2D eigenvalue weighted by Gasteiger charge is 2.06. The topological polar surface area (TPSA) is 38.3 Å². The Bertz CT molecular complexity index is 187. The Balaban J connectivity index is 2.29. The van der Waals surface area contributed by atoms with E-state index < -0.39 is 0 Å². The van der Waals surface area contributed by atoms with Crippen LogP contribution in [0.3, 0.4) is 0 Å². The van der Waals surface area contributed by atoms with Crippen molar-refractivity contribution in [2.24, 2.45) is 0 Å². The molecule has 1 aliphatic carbocycles. The molecule has 3 heteroatoms. The van der Waals surface area contributed by atoms with Gasteiger partial charge in [-0.05, 0) is 32.6 Å². The summed E-state index contributed by atoms with van der Waals surface area (Å²) in [5.41, 5.74) is 1.01. The molecule has 0 saturated carbocycles. The van der Waals surface area contributed by atoms with Crippen molar-refractivity contribution in [2.75, 3.05) is 6.61 Å². The lowest BCUT2D eigenvalue weighted by Crippen LogP contribution is -2.24. The zero-order chi connectivity index (χ0) is 8.81. The number of allylic oxidation sites excluding steroid dienone is 2. The second-order valence-corrected chi connectivity index (χ2v) is 2.82. The number of hydrogen-bond donors (Lipinski definition) is 1. The molecule has 0 fully saturated rings. The maximum atomic E-state index is 10.9. The zero-order valence-corrected chi connectivity index (χ0v) is 7.43. The van der Waals surface area contributed by atoms with E-state index in [-0.39, 0.29) is 6.09 Å². The number of hydrogen-bond acceptors (Lipinski definition) is 2. The van der Waals surface area contributed by atoms with Crippen LogP contribution in [0, 0.1) is 0 Å². The van der Waals surface area contributed by atoms with Crippen molar-refractivity contribution in [3.8, 4) is 0 Å². The SMILES string of the molecule is CCOC(=O)NC1=CCCCC1. The fraction of sp³-hybridized carbons (Fsp3) is 0.667. The van der Waals surface area contributed by atoms with Crippen LogP contribution < -0.4 is 5.32 Å². The van der Waals surface area contributed by atoms with Gasteiger partial charge in [-0.3, -0.25) is 5.32 Å². The van der Waals surface area contributed by atoms with Gasteiger partial charge in [0.05, 0.1) is 6.61 Å². The van der Waals surface area contributed by atoms with E-state index in [4.69, 9.17) is 4.74 Å². The second kappa shape index (κ2) is 4.80. The number of carbonyl (C=O) groups excluding carboxylic acids is 1. The Labute approximate surface area is 72.8 Å². The standard InChI is InChI=1S/C9H15NO2/c1-2-12-9(11)10-8-6-4-3-5-7-8/h6H,2-5,7H2,1H3,(H,10,11). The second-order valence-electron chi connectivity index (χ2n) is 2.82. The fourth-order valence-electron chi connectivity index (χ4n) is 1.25. The van der Waals surface area contributed by atoms with Gasteiger partial charge in [-0.2, -0.15) is 0 Å². The van der Waals surface area contributed by atoms with Crippen molar-refractivity contribution in [2.45, 2.75) is 32.6 Å². The zero-order valence-electron chi connectivity index (χ0n) is 7.43. The molecule has 0 heterocycles. The molecule has 0 atom stereocenters. The van der Waals surface area contributed by atoms with Gasteiger partial charge < -0.3 is 4.74 Å². The summed E-state index contributed by atoms with van der Waals surface area (Å²) in [5.74, 6) is 0. The summed E-state index contributed by atoms with van der Waals surface area (Å²) in [6.07, 6.45) is 6.18. The molecule has 1 rings (SSSR count). The summed E-state index contributed by atoms with van der Waals surface area (Å²) in [6, 6.07) is 0. The molecule has 0 aromatic rings. The maximum absolute atomic E-state index is 10.9. The first-order chi connectivity index (χ1) is 5.83. The van der Waals surface area contributed by atoms with E-state index in [0.717, 1.165) is 25.0 Å². The van der Waals surface area contributed by atoms with Gasteiger partial charge in [-0.1, -0.05) is 6.08 Å². The molecule has 0 unspecified atom stereocenters. The summed E-state index contributed by atoms with van der Waals surface area (Å²) < 4.78 is 4.75. The molecule has 1 aliphatic rings. The van der Waals surface area contributed by atoms with Gasteiger partial charge in [0.2, 0.25) is 0 Å². The first kappa shape index (κ1) is 9.10. The number of amides is 1. The van der Waals surface area contributed by atoms with E-state index >= 15 is 0 Å². The van der Waals surface area contributed by atoms with E-state index in [1.165, 1.54) is 6.42 Å². The van der Waals surface area contributed by atoms with E-state index in [1.54, 1.807) is 6.92 Å². The average Bonchev–Trinajstić information content (AvgIpc) is 2.06. The third-order valence-corrected chi connectivity index (χ3v) is 1.83. The number of ether oxygens (including phenoxy) is 1. The van der Waals surface area contributed by atoms with Crippen LogP contribution in [-0.2, 0) is 4.74 Å². The van der Waals surface area contributed by atoms with E-state index in [0.29, 0.717) is 6.61 Å². The molecule has 0 aromatic carbocycles. The van der Waals surface area contributed by atoms with Crippen LogP contribution in [0.15, 0.2) is 11.8 Å². The minimum atomic E-state index is -0.328. The largest absolute Gasteiger partial charge is 0.450 e. The van der Waals surface area contributed by atoms with E-state index in [1.807, 2.05) is 0 Å². The normalized spacial score (nSPS) is 16.6. The van der Waals surface area contributed by atoms with Crippen LogP contribution in [-0.4, -0.2) is 12.7 Å². The Morgan fingerprint density at radius 3 is 3.08 bits per heavy atom. The molecule has 1 N–H and O–H groups in total. The lowest BCUT2D eigenvalue weighted by atomic mass is 10.1. The van der Waals surface area contributed by atoms with Crippen molar-refractivity contribution in [3.05, 3.63) is 11.8 Å². The minimum absolute atomic E-state index is 0.328. The highest BCUT2D eigenvalue weighted by molar-refractivity contribution is 5.69. The molecule has 0 bridgehead atoms. The minimum Gasteiger partial charge on any atom is -0.450 e. The number of carbonyl (C=O) groups is 1. The van der Waals surface area contributed by atoms with E-state index in [2.05, 4.69) is 11.4 Å². The monoisotopic (exact) mass is 169 g/mol.